The number of carboxylic acid groups (broad SMARTS) is 1. The lowest BCUT2D eigenvalue weighted by atomic mass is 10.2. The van der Waals surface area contributed by atoms with Crippen LogP contribution < -0.4 is 0 Å². The van der Waals surface area contributed by atoms with Gasteiger partial charge in [0.2, 0.25) is 0 Å². The summed E-state index contributed by atoms with van der Waals surface area (Å²) in [5, 5.41) is 9.04. The molecule has 1 fully saturated rings. The van der Waals surface area contributed by atoms with Gasteiger partial charge in [0.1, 0.15) is 0 Å². The first-order valence-electron chi connectivity index (χ1n) is 5.00. The van der Waals surface area contributed by atoms with E-state index < -0.39 is 5.97 Å². The summed E-state index contributed by atoms with van der Waals surface area (Å²) < 4.78 is 6.63. The van der Waals surface area contributed by atoms with Gasteiger partial charge in [-0.1, -0.05) is 0 Å². The molecular weight excluding hydrogens is 212 g/mol. The number of carboxylic acids is 1. The van der Waals surface area contributed by atoms with Crippen LogP contribution in [0.1, 0.15) is 33.2 Å². The molecule has 1 aliphatic rings. The predicted molar refractivity (Wildman–Crippen MR) is 53.7 cm³/mol. The van der Waals surface area contributed by atoms with Gasteiger partial charge in [-0.05, 0) is 13.3 Å². The van der Waals surface area contributed by atoms with Crippen molar-refractivity contribution in [3.63, 3.8) is 0 Å². The van der Waals surface area contributed by atoms with E-state index in [9.17, 15) is 9.59 Å². The highest BCUT2D eigenvalue weighted by atomic mass is 16.5. The summed E-state index contributed by atoms with van der Waals surface area (Å²) in [5.41, 5.74) is 0.423. The number of carbonyl (C=O) groups is 2. The summed E-state index contributed by atoms with van der Waals surface area (Å²) in [4.78, 5) is 25.7. The van der Waals surface area contributed by atoms with Crippen LogP contribution in [0.4, 0.5) is 0 Å². The van der Waals surface area contributed by atoms with E-state index in [1.54, 1.807) is 6.92 Å². The van der Waals surface area contributed by atoms with E-state index in [1.165, 1.54) is 4.57 Å². The number of aromatic nitrogens is 2. The van der Waals surface area contributed by atoms with Gasteiger partial charge in [-0.2, -0.15) is 0 Å². The van der Waals surface area contributed by atoms with Crippen molar-refractivity contribution in [3.8, 4) is 0 Å². The maximum atomic E-state index is 11.0. The third kappa shape index (κ3) is 1.71. The molecule has 1 aliphatic heterocycles. The van der Waals surface area contributed by atoms with Crippen molar-refractivity contribution in [1.29, 1.82) is 0 Å². The summed E-state index contributed by atoms with van der Waals surface area (Å²) in [6.45, 7) is 2.64. The maximum absolute atomic E-state index is 11.0. The number of hydrogen-bond donors (Lipinski definition) is 1. The molecule has 0 aliphatic carbocycles. The van der Waals surface area contributed by atoms with Gasteiger partial charge in [0.05, 0.1) is 18.3 Å². The first-order chi connectivity index (χ1) is 7.63. The van der Waals surface area contributed by atoms with Crippen molar-refractivity contribution in [2.75, 3.05) is 6.61 Å². The number of aldehydes is 1. The molecule has 0 aromatic carbocycles. The molecule has 1 saturated heterocycles. The van der Waals surface area contributed by atoms with Crippen molar-refractivity contribution in [1.82, 2.24) is 9.55 Å². The fraction of sp³-hybridized carbons (Fsp3) is 0.500. The highest BCUT2D eigenvalue weighted by Gasteiger charge is 2.25. The molecule has 0 saturated carbocycles. The molecule has 6 heteroatoms. The summed E-state index contributed by atoms with van der Waals surface area (Å²) in [6, 6.07) is 0. The van der Waals surface area contributed by atoms with Gasteiger partial charge < -0.3 is 14.4 Å². The normalized spacial score (nSPS) is 19.2. The molecule has 16 heavy (non-hydrogen) atoms. The Morgan fingerprint density at radius 2 is 2.44 bits per heavy atom. The average molecular weight is 224 g/mol. The zero-order valence-electron chi connectivity index (χ0n) is 8.84. The predicted octanol–water partition coefficient (Wildman–Crippen LogP) is 0.491. The molecule has 0 amide bonds. The standard InChI is InChI=1S/C10H12N2O4/c1-6-9(10(14)15)12(8(5-13)11-6)4-7-2-3-16-7/h5,7H,2-4H2,1H3,(H,14,15)/t7-/m0/s1. The molecule has 0 unspecified atom stereocenters. The van der Waals surface area contributed by atoms with Crippen molar-refractivity contribution in [2.24, 2.45) is 0 Å². The molecule has 1 aromatic heterocycles. The fourth-order valence-electron chi connectivity index (χ4n) is 1.77. The van der Waals surface area contributed by atoms with Gasteiger partial charge in [0.15, 0.2) is 17.8 Å². The lowest BCUT2D eigenvalue weighted by molar-refractivity contribution is -0.0596. The number of aromatic carboxylic acids is 1. The second kappa shape index (κ2) is 4.05. The van der Waals surface area contributed by atoms with Gasteiger partial charge in [-0.15, -0.1) is 0 Å². The molecule has 1 aromatic rings. The summed E-state index contributed by atoms with van der Waals surface area (Å²) in [5.74, 6) is -0.928. The molecular formula is C10H12N2O4. The van der Waals surface area contributed by atoms with E-state index in [0.29, 0.717) is 25.1 Å². The van der Waals surface area contributed by atoms with E-state index in [1.807, 2.05) is 0 Å². The van der Waals surface area contributed by atoms with Crippen LogP contribution in [0.15, 0.2) is 0 Å². The van der Waals surface area contributed by atoms with Crippen molar-refractivity contribution in [3.05, 3.63) is 17.2 Å². The number of rotatable bonds is 4. The van der Waals surface area contributed by atoms with Crippen LogP contribution in [0.2, 0.25) is 0 Å². The SMILES string of the molecule is Cc1nc(C=O)n(C[C@@H]2CCO2)c1C(=O)O. The van der Waals surface area contributed by atoms with E-state index in [-0.39, 0.29) is 17.6 Å². The molecule has 6 nitrogen and oxygen atoms in total. The van der Waals surface area contributed by atoms with Gasteiger partial charge in [-0.25, -0.2) is 9.78 Å². The molecule has 1 N–H and O–H groups in total. The largest absolute Gasteiger partial charge is 0.477 e. The summed E-state index contributed by atoms with van der Waals surface area (Å²) >= 11 is 0. The van der Waals surface area contributed by atoms with Crippen LogP contribution in [-0.2, 0) is 11.3 Å². The Morgan fingerprint density at radius 3 is 2.88 bits per heavy atom. The second-order valence-corrected chi connectivity index (χ2v) is 3.72. The van der Waals surface area contributed by atoms with Gasteiger partial charge in [-0.3, -0.25) is 4.79 Å². The van der Waals surface area contributed by atoms with Gasteiger partial charge in [0, 0.05) is 6.61 Å². The van der Waals surface area contributed by atoms with E-state index in [2.05, 4.69) is 4.98 Å². The van der Waals surface area contributed by atoms with Crippen LogP contribution in [-0.4, -0.2) is 39.6 Å². The van der Waals surface area contributed by atoms with E-state index in [4.69, 9.17) is 9.84 Å². The number of carbonyl (C=O) groups excluding carboxylic acids is 1. The minimum Gasteiger partial charge on any atom is -0.477 e. The maximum Gasteiger partial charge on any atom is 0.354 e. The topological polar surface area (TPSA) is 81.4 Å². The van der Waals surface area contributed by atoms with E-state index in [0.717, 1.165) is 6.42 Å². The lowest BCUT2D eigenvalue weighted by Gasteiger charge is -2.27. The molecule has 2 heterocycles. The number of ether oxygens (including phenoxy) is 1. The number of imidazole rings is 1. The highest BCUT2D eigenvalue weighted by Crippen LogP contribution is 2.17. The number of hydrogen-bond acceptors (Lipinski definition) is 4. The van der Waals surface area contributed by atoms with Crippen LogP contribution in [0.25, 0.3) is 0 Å². The Balaban J connectivity index is 2.37. The van der Waals surface area contributed by atoms with Gasteiger partial charge >= 0.3 is 5.97 Å². The molecule has 0 bridgehead atoms. The molecule has 1 atom stereocenters. The third-order valence-electron chi connectivity index (χ3n) is 2.66. The third-order valence-corrected chi connectivity index (χ3v) is 2.66. The Hall–Kier alpha value is -1.69. The Bertz CT molecular complexity index is 434. The second-order valence-electron chi connectivity index (χ2n) is 3.72. The molecule has 2 rings (SSSR count). The zero-order chi connectivity index (χ0) is 11.7. The minimum absolute atomic E-state index is 0.00889. The van der Waals surface area contributed by atoms with Crippen molar-refractivity contribution >= 4 is 12.3 Å². The van der Waals surface area contributed by atoms with Crippen LogP contribution >= 0.6 is 0 Å². The lowest BCUT2D eigenvalue weighted by Crippen LogP contribution is -2.32. The zero-order valence-corrected chi connectivity index (χ0v) is 8.84. The van der Waals surface area contributed by atoms with Crippen LogP contribution in [0.3, 0.4) is 0 Å². The van der Waals surface area contributed by atoms with Gasteiger partial charge in [0.25, 0.3) is 0 Å². The Kier molecular flexibility index (Phi) is 2.74. The number of aryl methyl sites for hydroxylation is 1. The summed E-state index contributed by atoms with van der Waals surface area (Å²) in [6.07, 6.45) is 1.44. The van der Waals surface area contributed by atoms with Crippen molar-refractivity contribution in [2.45, 2.75) is 26.0 Å². The van der Waals surface area contributed by atoms with Crippen LogP contribution in [0.5, 0.6) is 0 Å². The Morgan fingerprint density at radius 1 is 1.75 bits per heavy atom. The minimum atomic E-state index is -1.07. The van der Waals surface area contributed by atoms with Crippen molar-refractivity contribution < 1.29 is 19.4 Å². The molecule has 86 valence electrons. The monoisotopic (exact) mass is 224 g/mol. The van der Waals surface area contributed by atoms with E-state index >= 15 is 0 Å². The highest BCUT2D eigenvalue weighted by molar-refractivity contribution is 5.88. The molecule has 0 spiro atoms. The Labute approximate surface area is 91.8 Å². The average Bonchev–Trinajstić information content (AvgIpc) is 2.48. The molecule has 0 radical (unpaired) electrons. The first-order valence-corrected chi connectivity index (χ1v) is 5.00. The smallest absolute Gasteiger partial charge is 0.354 e. The van der Waals surface area contributed by atoms with Crippen LogP contribution in [0, 0.1) is 6.92 Å². The summed E-state index contributed by atoms with van der Waals surface area (Å²) in [7, 11) is 0. The first kappa shape index (κ1) is 10.8. The quantitative estimate of drug-likeness (QED) is 0.753. The fourth-order valence-corrected chi connectivity index (χ4v) is 1.77. The number of nitrogens with zero attached hydrogens (tertiary/aromatic N) is 2.